The highest BCUT2D eigenvalue weighted by Gasteiger charge is 2.18. The fourth-order valence-electron chi connectivity index (χ4n) is 1.70. The minimum atomic E-state index is 0.00829. The summed E-state index contributed by atoms with van der Waals surface area (Å²) < 4.78 is 0. The first kappa shape index (κ1) is 12.2. The second kappa shape index (κ2) is 5.85. The zero-order valence-electron chi connectivity index (χ0n) is 9.66. The molecule has 3 nitrogen and oxygen atoms in total. The summed E-state index contributed by atoms with van der Waals surface area (Å²) in [7, 11) is 0. The van der Waals surface area contributed by atoms with Crippen LogP contribution in [0.1, 0.15) is 34.5 Å². The summed E-state index contributed by atoms with van der Waals surface area (Å²) in [6, 6.07) is 1.82. The van der Waals surface area contributed by atoms with Crippen LogP contribution in [0.15, 0.2) is 11.4 Å². The fourth-order valence-corrected chi connectivity index (χ4v) is 2.45. The molecule has 1 aromatic rings. The van der Waals surface area contributed by atoms with E-state index in [0.29, 0.717) is 18.0 Å². The highest BCUT2D eigenvalue weighted by Crippen LogP contribution is 2.25. The van der Waals surface area contributed by atoms with Gasteiger partial charge in [0.15, 0.2) is 0 Å². The zero-order valence-corrected chi connectivity index (χ0v) is 10.5. The number of nitrogens with two attached hydrogens (primary N) is 1. The Hall–Kier alpha value is -1.31. The molecule has 0 unspecified atom stereocenters. The van der Waals surface area contributed by atoms with Gasteiger partial charge in [-0.3, -0.25) is 4.79 Å². The molecule has 1 amide bonds. The molecule has 90 valence electrons. The quantitative estimate of drug-likeness (QED) is 0.798. The summed E-state index contributed by atoms with van der Waals surface area (Å²) in [5.74, 6) is 6.41. The third-order valence-electron chi connectivity index (χ3n) is 2.95. The maximum Gasteiger partial charge on any atom is 0.252 e. The fraction of sp³-hybridized carbons (Fsp3) is 0.462. The third kappa shape index (κ3) is 3.32. The number of hydrogen-bond donors (Lipinski definition) is 2. The molecule has 1 aliphatic carbocycles. The molecule has 0 aromatic carbocycles. The molecule has 4 heteroatoms. The summed E-state index contributed by atoms with van der Waals surface area (Å²) in [4.78, 5) is 12.7. The van der Waals surface area contributed by atoms with Crippen LogP contribution in [0.25, 0.3) is 0 Å². The molecule has 0 atom stereocenters. The van der Waals surface area contributed by atoms with Crippen LogP contribution >= 0.6 is 11.3 Å². The van der Waals surface area contributed by atoms with Crippen molar-refractivity contribution in [2.45, 2.75) is 19.3 Å². The highest BCUT2D eigenvalue weighted by molar-refractivity contribution is 7.10. The molecule has 1 heterocycles. The molecular weight excluding hydrogens is 232 g/mol. The first-order chi connectivity index (χ1) is 8.29. The van der Waals surface area contributed by atoms with Crippen LogP contribution in [0.4, 0.5) is 0 Å². The van der Waals surface area contributed by atoms with Crippen molar-refractivity contribution in [1.29, 1.82) is 0 Å². The molecule has 1 aromatic heterocycles. The molecule has 1 fully saturated rings. The Labute approximate surface area is 105 Å². The first-order valence-electron chi connectivity index (χ1n) is 5.85. The number of carbonyl (C=O) groups excluding carboxylic acids is 1. The van der Waals surface area contributed by atoms with Crippen molar-refractivity contribution in [2.24, 2.45) is 11.7 Å². The average Bonchev–Trinajstić information content (AvgIpc) is 2.72. The van der Waals surface area contributed by atoms with E-state index in [-0.39, 0.29) is 5.91 Å². The van der Waals surface area contributed by atoms with Gasteiger partial charge in [0.05, 0.1) is 17.0 Å². The van der Waals surface area contributed by atoms with Gasteiger partial charge in [-0.05, 0) is 24.8 Å². The van der Waals surface area contributed by atoms with Crippen molar-refractivity contribution in [1.82, 2.24) is 5.32 Å². The van der Waals surface area contributed by atoms with Gasteiger partial charge in [-0.1, -0.05) is 18.3 Å². The zero-order chi connectivity index (χ0) is 12.1. The van der Waals surface area contributed by atoms with Crippen LogP contribution in [0.5, 0.6) is 0 Å². The van der Waals surface area contributed by atoms with Gasteiger partial charge in [-0.25, -0.2) is 0 Å². The first-order valence-corrected chi connectivity index (χ1v) is 6.73. The smallest absolute Gasteiger partial charge is 0.252 e. The Morgan fingerprint density at radius 3 is 3.06 bits per heavy atom. The Balaban J connectivity index is 1.87. The van der Waals surface area contributed by atoms with Crippen LogP contribution in [0, 0.1) is 17.8 Å². The van der Waals surface area contributed by atoms with E-state index in [1.165, 1.54) is 30.6 Å². The van der Waals surface area contributed by atoms with Gasteiger partial charge in [0.25, 0.3) is 5.91 Å². The molecule has 0 spiro atoms. The number of carbonyl (C=O) groups is 1. The molecule has 0 aliphatic heterocycles. The maximum atomic E-state index is 11.8. The molecule has 1 saturated carbocycles. The van der Waals surface area contributed by atoms with Crippen molar-refractivity contribution < 1.29 is 4.79 Å². The molecule has 3 N–H and O–H groups in total. The van der Waals surface area contributed by atoms with Gasteiger partial charge in [-0.15, -0.1) is 11.3 Å². The lowest BCUT2D eigenvalue weighted by Gasteiger charge is -2.25. The predicted octanol–water partition coefficient (Wildman–Crippen LogP) is 1.59. The number of rotatable bonds is 3. The Kier molecular flexibility index (Phi) is 4.18. The topological polar surface area (TPSA) is 55.1 Å². The number of amides is 1. The van der Waals surface area contributed by atoms with E-state index in [4.69, 9.17) is 5.73 Å². The number of nitrogens with one attached hydrogen (secondary N) is 1. The Morgan fingerprint density at radius 1 is 1.59 bits per heavy atom. The largest absolute Gasteiger partial charge is 0.352 e. The van der Waals surface area contributed by atoms with Gasteiger partial charge >= 0.3 is 0 Å². The van der Waals surface area contributed by atoms with Crippen LogP contribution in [0.2, 0.25) is 0 Å². The van der Waals surface area contributed by atoms with Gasteiger partial charge in [0.2, 0.25) is 0 Å². The van der Waals surface area contributed by atoms with E-state index in [0.717, 1.165) is 11.4 Å². The van der Waals surface area contributed by atoms with Crippen molar-refractivity contribution in [3.05, 3.63) is 21.9 Å². The molecule has 0 radical (unpaired) electrons. The van der Waals surface area contributed by atoms with E-state index >= 15 is 0 Å². The van der Waals surface area contributed by atoms with Gasteiger partial charge in [0.1, 0.15) is 0 Å². The minimum absolute atomic E-state index is 0.00829. The SMILES string of the molecule is NCC#Cc1cc(C(=O)NCC2CCC2)cs1. The summed E-state index contributed by atoms with van der Waals surface area (Å²) in [6.45, 7) is 1.15. The third-order valence-corrected chi connectivity index (χ3v) is 3.80. The van der Waals surface area contributed by atoms with Gasteiger partial charge < -0.3 is 11.1 Å². The monoisotopic (exact) mass is 248 g/mol. The molecule has 0 saturated heterocycles. The summed E-state index contributed by atoms with van der Waals surface area (Å²) in [5.41, 5.74) is 6.00. The second-order valence-corrected chi connectivity index (χ2v) is 5.12. The summed E-state index contributed by atoms with van der Waals surface area (Å²) in [6.07, 6.45) is 3.80. The maximum absolute atomic E-state index is 11.8. The summed E-state index contributed by atoms with van der Waals surface area (Å²) >= 11 is 1.48. The molecule has 0 bridgehead atoms. The van der Waals surface area contributed by atoms with Crippen LogP contribution < -0.4 is 11.1 Å². The Bertz CT molecular complexity index is 451. The Morgan fingerprint density at radius 2 is 2.41 bits per heavy atom. The molecule has 1 aliphatic rings. The lowest BCUT2D eigenvalue weighted by molar-refractivity contribution is 0.0939. The predicted molar refractivity (Wildman–Crippen MR) is 69.9 cm³/mol. The van der Waals surface area contributed by atoms with Crippen LogP contribution in [0.3, 0.4) is 0 Å². The molecular formula is C13H16N2OS. The van der Waals surface area contributed by atoms with Gasteiger partial charge in [-0.2, -0.15) is 0 Å². The second-order valence-electron chi connectivity index (χ2n) is 4.21. The highest BCUT2D eigenvalue weighted by atomic mass is 32.1. The van der Waals surface area contributed by atoms with Crippen molar-refractivity contribution in [3.8, 4) is 11.8 Å². The van der Waals surface area contributed by atoms with Gasteiger partial charge in [0, 0.05) is 11.9 Å². The lowest BCUT2D eigenvalue weighted by atomic mass is 9.85. The van der Waals surface area contributed by atoms with Crippen LogP contribution in [-0.2, 0) is 0 Å². The number of thiophene rings is 1. The van der Waals surface area contributed by atoms with E-state index in [9.17, 15) is 4.79 Å². The van der Waals surface area contributed by atoms with E-state index in [2.05, 4.69) is 17.2 Å². The van der Waals surface area contributed by atoms with E-state index in [1.54, 1.807) is 0 Å². The standard InChI is InChI=1S/C13H16N2OS/c14-6-2-5-12-7-11(9-17-12)13(16)15-8-10-3-1-4-10/h7,9-10H,1,3-4,6,8,14H2,(H,15,16). The lowest BCUT2D eigenvalue weighted by Crippen LogP contribution is -2.31. The minimum Gasteiger partial charge on any atom is -0.352 e. The average molecular weight is 248 g/mol. The van der Waals surface area contributed by atoms with Crippen LogP contribution in [-0.4, -0.2) is 19.0 Å². The van der Waals surface area contributed by atoms with E-state index < -0.39 is 0 Å². The molecule has 2 rings (SSSR count). The molecule has 17 heavy (non-hydrogen) atoms. The van der Waals surface area contributed by atoms with Crippen molar-refractivity contribution in [3.63, 3.8) is 0 Å². The normalized spacial score (nSPS) is 14.6. The summed E-state index contributed by atoms with van der Waals surface area (Å²) in [5, 5.41) is 4.81. The van der Waals surface area contributed by atoms with Crippen molar-refractivity contribution >= 4 is 17.2 Å². The van der Waals surface area contributed by atoms with E-state index in [1.807, 2.05) is 11.4 Å². The number of hydrogen-bond acceptors (Lipinski definition) is 3. The van der Waals surface area contributed by atoms with Crippen molar-refractivity contribution in [2.75, 3.05) is 13.1 Å².